The van der Waals surface area contributed by atoms with Gasteiger partial charge in [-0.25, -0.2) is 4.68 Å². The van der Waals surface area contributed by atoms with E-state index in [0.717, 1.165) is 25.0 Å². The first-order valence-corrected chi connectivity index (χ1v) is 5.76. The molecule has 0 saturated carbocycles. The molecule has 0 saturated heterocycles. The zero-order valence-corrected chi connectivity index (χ0v) is 10.0. The summed E-state index contributed by atoms with van der Waals surface area (Å²) >= 11 is 3.20. The van der Waals surface area contributed by atoms with Crippen molar-refractivity contribution < 1.29 is 0 Å². The highest BCUT2D eigenvalue weighted by Crippen LogP contribution is 2.11. The van der Waals surface area contributed by atoms with E-state index in [1.807, 2.05) is 4.68 Å². The predicted molar refractivity (Wildman–Crippen MR) is 63.0 cm³/mol. The molecule has 2 aromatic rings. The van der Waals surface area contributed by atoms with Gasteiger partial charge in [-0.05, 0) is 22.4 Å². The summed E-state index contributed by atoms with van der Waals surface area (Å²) in [6.45, 7) is 2.97. The lowest BCUT2D eigenvalue weighted by Crippen LogP contribution is -2.05. The van der Waals surface area contributed by atoms with Crippen molar-refractivity contribution in [2.75, 3.05) is 0 Å². The Balaban J connectivity index is 2.52. The molecule has 0 amide bonds. The Kier molecular flexibility index (Phi) is 2.90. The van der Waals surface area contributed by atoms with E-state index in [9.17, 15) is 4.79 Å². The molecule has 0 aliphatic rings. The third-order valence-electron chi connectivity index (χ3n) is 2.36. The molecular weight excluding hydrogens is 258 g/mol. The highest BCUT2D eigenvalue weighted by Gasteiger charge is 2.07. The number of hydrogen-bond acceptors (Lipinski definition) is 2. The Morgan fingerprint density at radius 3 is 3.13 bits per heavy atom. The number of nitrogens with zero attached hydrogens (tertiary/aromatic N) is 2. The zero-order chi connectivity index (χ0) is 10.8. The molecule has 0 aliphatic heterocycles. The van der Waals surface area contributed by atoms with E-state index in [0.29, 0.717) is 9.86 Å². The summed E-state index contributed by atoms with van der Waals surface area (Å²) in [6.07, 6.45) is 5.46. The van der Waals surface area contributed by atoms with E-state index >= 15 is 0 Å². The Bertz CT molecular complexity index is 529. The molecule has 0 unspecified atom stereocenters. The normalized spacial score (nSPS) is 11.1. The molecule has 2 aromatic heterocycles. The Labute approximate surface area is 95.4 Å². The van der Waals surface area contributed by atoms with Crippen molar-refractivity contribution in [3.8, 4) is 0 Å². The molecule has 0 fully saturated rings. The molecule has 15 heavy (non-hydrogen) atoms. The molecule has 2 heterocycles. The molecule has 5 heteroatoms. The molecule has 0 radical (unpaired) electrons. The van der Waals surface area contributed by atoms with Crippen LogP contribution in [0.3, 0.4) is 0 Å². The second-order valence-corrected chi connectivity index (χ2v) is 4.30. The molecule has 80 valence electrons. The van der Waals surface area contributed by atoms with Gasteiger partial charge >= 0.3 is 0 Å². The molecule has 4 nitrogen and oxygen atoms in total. The third kappa shape index (κ3) is 1.84. The number of pyridine rings is 1. The first-order chi connectivity index (χ1) is 7.24. The van der Waals surface area contributed by atoms with E-state index in [2.05, 4.69) is 32.9 Å². The fraction of sp³-hybridized carbons (Fsp3) is 0.400. The van der Waals surface area contributed by atoms with Crippen LogP contribution >= 0.6 is 15.9 Å². The van der Waals surface area contributed by atoms with Gasteiger partial charge in [-0.2, -0.15) is 5.10 Å². The van der Waals surface area contributed by atoms with E-state index in [-0.39, 0.29) is 5.43 Å². The summed E-state index contributed by atoms with van der Waals surface area (Å²) in [5.74, 6) is 0. The lowest BCUT2D eigenvalue weighted by Gasteiger charge is -2.01. The van der Waals surface area contributed by atoms with Gasteiger partial charge in [0, 0.05) is 12.7 Å². The first-order valence-electron chi connectivity index (χ1n) is 4.96. The van der Waals surface area contributed by atoms with Gasteiger partial charge in [0.1, 0.15) is 5.65 Å². The number of unbranched alkanes of at least 4 members (excludes halogenated alkanes) is 1. The SMILES string of the molecule is CCCCn1ncc2c(=O)c(Br)c[nH]c21. The van der Waals surface area contributed by atoms with Gasteiger partial charge in [0.15, 0.2) is 0 Å². The van der Waals surface area contributed by atoms with E-state index in [4.69, 9.17) is 0 Å². The maximum absolute atomic E-state index is 11.7. The van der Waals surface area contributed by atoms with Crippen LogP contribution in [0.15, 0.2) is 21.7 Å². The molecule has 0 spiro atoms. The van der Waals surface area contributed by atoms with Crippen molar-refractivity contribution in [1.29, 1.82) is 0 Å². The van der Waals surface area contributed by atoms with E-state index < -0.39 is 0 Å². The minimum atomic E-state index is -0.00787. The number of halogens is 1. The second-order valence-electron chi connectivity index (χ2n) is 3.45. The molecule has 0 aliphatic carbocycles. The van der Waals surface area contributed by atoms with Crippen LogP contribution in [0.2, 0.25) is 0 Å². The van der Waals surface area contributed by atoms with Gasteiger partial charge in [0.05, 0.1) is 16.1 Å². The summed E-state index contributed by atoms with van der Waals surface area (Å²) in [6, 6.07) is 0. The molecule has 0 atom stereocenters. The number of nitrogens with one attached hydrogen (secondary N) is 1. The highest BCUT2D eigenvalue weighted by molar-refractivity contribution is 9.10. The molecule has 0 aromatic carbocycles. The number of aromatic amines is 1. The van der Waals surface area contributed by atoms with Gasteiger partial charge in [-0.1, -0.05) is 13.3 Å². The van der Waals surface area contributed by atoms with Crippen LogP contribution in [0.4, 0.5) is 0 Å². The topological polar surface area (TPSA) is 50.7 Å². The fourth-order valence-corrected chi connectivity index (χ4v) is 1.84. The van der Waals surface area contributed by atoms with Crippen LogP contribution in [0.1, 0.15) is 19.8 Å². The van der Waals surface area contributed by atoms with Crippen LogP contribution in [-0.4, -0.2) is 14.8 Å². The second kappa shape index (κ2) is 4.18. The summed E-state index contributed by atoms with van der Waals surface area (Å²) in [5, 5.41) is 4.84. The summed E-state index contributed by atoms with van der Waals surface area (Å²) in [4.78, 5) is 14.8. The van der Waals surface area contributed by atoms with E-state index in [1.54, 1.807) is 12.4 Å². The number of fused-ring (bicyclic) bond motifs is 1. The largest absolute Gasteiger partial charge is 0.345 e. The first kappa shape index (κ1) is 10.4. The molecule has 1 N–H and O–H groups in total. The van der Waals surface area contributed by atoms with Gasteiger partial charge in [0.2, 0.25) is 5.43 Å². The van der Waals surface area contributed by atoms with Crippen molar-refractivity contribution in [2.24, 2.45) is 0 Å². The van der Waals surface area contributed by atoms with Gasteiger partial charge in [0.25, 0.3) is 0 Å². The standard InChI is InChI=1S/C10H12BrN3O/c1-2-3-4-14-10-7(5-13-14)9(15)8(11)6-12-10/h5-6H,2-4H2,1H3,(H,12,15). The maximum atomic E-state index is 11.7. The van der Waals surface area contributed by atoms with E-state index in [1.165, 1.54) is 0 Å². The third-order valence-corrected chi connectivity index (χ3v) is 2.95. The molecule has 2 rings (SSSR count). The summed E-state index contributed by atoms with van der Waals surface area (Å²) < 4.78 is 2.39. The van der Waals surface area contributed by atoms with Gasteiger partial charge in [-0.3, -0.25) is 4.79 Å². The fourth-order valence-electron chi connectivity index (χ4n) is 1.51. The molecule has 0 bridgehead atoms. The van der Waals surface area contributed by atoms with Crippen molar-refractivity contribution in [3.63, 3.8) is 0 Å². The number of aromatic nitrogens is 3. The van der Waals surface area contributed by atoms with Crippen LogP contribution in [0, 0.1) is 0 Å². The minimum Gasteiger partial charge on any atom is -0.345 e. The Morgan fingerprint density at radius 1 is 1.60 bits per heavy atom. The highest BCUT2D eigenvalue weighted by atomic mass is 79.9. The summed E-state index contributed by atoms with van der Waals surface area (Å²) in [5.41, 5.74) is 0.795. The van der Waals surface area contributed by atoms with Crippen LogP contribution in [0.5, 0.6) is 0 Å². The van der Waals surface area contributed by atoms with Crippen molar-refractivity contribution in [3.05, 3.63) is 27.1 Å². The maximum Gasteiger partial charge on any atom is 0.206 e. The Hall–Kier alpha value is -1.10. The van der Waals surface area contributed by atoms with Crippen LogP contribution in [0.25, 0.3) is 11.0 Å². The van der Waals surface area contributed by atoms with Crippen molar-refractivity contribution in [1.82, 2.24) is 14.8 Å². The number of rotatable bonds is 3. The quantitative estimate of drug-likeness (QED) is 0.930. The number of H-pyrrole nitrogens is 1. The predicted octanol–water partition coefficient (Wildman–Crippen LogP) is 2.29. The van der Waals surface area contributed by atoms with Crippen molar-refractivity contribution in [2.45, 2.75) is 26.3 Å². The number of aryl methyl sites for hydroxylation is 1. The average molecular weight is 270 g/mol. The molecular formula is C10H12BrN3O. The van der Waals surface area contributed by atoms with Gasteiger partial charge < -0.3 is 4.98 Å². The van der Waals surface area contributed by atoms with Gasteiger partial charge in [-0.15, -0.1) is 0 Å². The monoisotopic (exact) mass is 269 g/mol. The smallest absolute Gasteiger partial charge is 0.206 e. The number of hydrogen-bond donors (Lipinski definition) is 1. The lowest BCUT2D eigenvalue weighted by molar-refractivity contribution is 0.584. The van der Waals surface area contributed by atoms with Crippen LogP contribution < -0.4 is 5.43 Å². The van der Waals surface area contributed by atoms with Crippen LogP contribution in [-0.2, 0) is 6.54 Å². The zero-order valence-electron chi connectivity index (χ0n) is 8.46. The Morgan fingerprint density at radius 2 is 2.40 bits per heavy atom. The summed E-state index contributed by atoms with van der Waals surface area (Å²) in [7, 11) is 0. The lowest BCUT2D eigenvalue weighted by atomic mass is 10.3. The minimum absolute atomic E-state index is 0.00787. The van der Waals surface area contributed by atoms with Crippen molar-refractivity contribution >= 4 is 27.0 Å². The average Bonchev–Trinajstić information content (AvgIpc) is 2.64.